The molecule has 3 rings (SSSR count). The molecule has 1 aliphatic heterocycles. The smallest absolute Gasteiger partial charge is 0.133 e. The van der Waals surface area contributed by atoms with Crippen LogP contribution in [0.2, 0.25) is 0 Å². The van der Waals surface area contributed by atoms with Gasteiger partial charge in [-0.05, 0) is 11.4 Å². The van der Waals surface area contributed by atoms with Crippen molar-refractivity contribution >= 4 is 11.3 Å². The van der Waals surface area contributed by atoms with E-state index in [1.54, 1.807) is 0 Å². The van der Waals surface area contributed by atoms with Crippen molar-refractivity contribution in [3.8, 4) is 0 Å². The van der Waals surface area contributed by atoms with Gasteiger partial charge >= 0.3 is 0 Å². The van der Waals surface area contributed by atoms with Crippen molar-refractivity contribution in [2.75, 3.05) is 6.54 Å². The van der Waals surface area contributed by atoms with E-state index in [2.05, 4.69) is 48.2 Å². The van der Waals surface area contributed by atoms with E-state index in [0.29, 0.717) is 0 Å². The maximum atomic E-state index is 4.78. The molecule has 106 valence electrons. The van der Waals surface area contributed by atoms with Crippen molar-refractivity contribution in [2.24, 2.45) is 0 Å². The topological polar surface area (TPSA) is 29.0 Å². The van der Waals surface area contributed by atoms with Gasteiger partial charge in [-0.2, -0.15) is 0 Å². The van der Waals surface area contributed by atoms with Crippen LogP contribution in [0.5, 0.6) is 0 Å². The number of hydrogen-bond donors (Lipinski definition) is 0. The van der Waals surface area contributed by atoms with Gasteiger partial charge in [0.05, 0.1) is 0 Å². The second-order valence-corrected chi connectivity index (χ2v) is 7.49. The Morgan fingerprint density at radius 1 is 1.35 bits per heavy atom. The SMILES string of the molecule is CC(C)(C)c1ncc2c(n1)CCN(Cc1cccs1)C2. The summed E-state index contributed by atoms with van der Waals surface area (Å²) in [5, 5.41) is 2.14. The summed E-state index contributed by atoms with van der Waals surface area (Å²) >= 11 is 1.83. The van der Waals surface area contributed by atoms with Gasteiger partial charge in [0, 0.05) is 53.8 Å². The molecule has 0 atom stereocenters. The molecule has 0 saturated carbocycles. The highest BCUT2D eigenvalue weighted by Gasteiger charge is 2.22. The lowest BCUT2D eigenvalue weighted by Crippen LogP contribution is -2.31. The normalized spacial score (nSPS) is 16.1. The minimum Gasteiger partial charge on any atom is -0.294 e. The predicted molar refractivity (Wildman–Crippen MR) is 82.9 cm³/mol. The van der Waals surface area contributed by atoms with Crippen molar-refractivity contribution in [1.29, 1.82) is 0 Å². The van der Waals surface area contributed by atoms with Crippen LogP contribution in [0, 0.1) is 0 Å². The standard InChI is InChI=1S/C16H21N3S/c1-16(2,3)15-17-9-12-10-19(7-6-14(12)18-15)11-13-5-4-8-20-13/h4-5,8-9H,6-7,10-11H2,1-3H3. The van der Waals surface area contributed by atoms with Crippen molar-refractivity contribution in [3.05, 3.63) is 45.7 Å². The van der Waals surface area contributed by atoms with Gasteiger partial charge in [0.1, 0.15) is 5.82 Å². The first-order valence-corrected chi connectivity index (χ1v) is 8.00. The Labute approximate surface area is 124 Å². The van der Waals surface area contributed by atoms with Crippen LogP contribution in [0.15, 0.2) is 23.7 Å². The average Bonchev–Trinajstić information content (AvgIpc) is 2.90. The van der Waals surface area contributed by atoms with Gasteiger partial charge in [-0.3, -0.25) is 4.90 Å². The van der Waals surface area contributed by atoms with Gasteiger partial charge in [-0.25, -0.2) is 9.97 Å². The lowest BCUT2D eigenvalue weighted by atomic mass is 9.95. The van der Waals surface area contributed by atoms with E-state index >= 15 is 0 Å². The van der Waals surface area contributed by atoms with Crippen molar-refractivity contribution in [2.45, 2.75) is 45.7 Å². The minimum absolute atomic E-state index is 0.0309. The number of hydrogen-bond acceptors (Lipinski definition) is 4. The molecule has 1 aliphatic rings. The number of fused-ring (bicyclic) bond motifs is 1. The molecule has 2 aromatic heterocycles. The quantitative estimate of drug-likeness (QED) is 0.848. The Morgan fingerprint density at radius 3 is 2.90 bits per heavy atom. The molecular formula is C16H21N3S. The Kier molecular flexibility index (Phi) is 3.61. The summed E-state index contributed by atoms with van der Waals surface area (Å²) in [6.07, 6.45) is 3.07. The van der Waals surface area contributed by atoms with E-state index in [1.165, 1.54) is 16.1 Å². The first-order valence-electron chi connectivity index (χ1n) is 7.12. The zero-order chi connectivity index (χ0) is 14.2. The molecule has 0 fully saturated rings. The lowest BCUT2D eigenvalue weighted by molar-refractivity contribution is 0.244. The molecule has 0 aliphatic carbocycles. The van der Waals surface area contributed by atoms with E-state index in [4.69, 9.17) is 4.98 Å². The third-order valence-corrected chi connectivity index (χ3v) is 4.50. The van der Waals surface area contributed by atoms with E-state index in [-0.39, 0.29) is 5.41 Å². The molecule has 0 aromatic carbocycles. The summed E-state index contributed by atoms with van der Waals surface area (Å²) < 4.78 is 0. The zero-order valence-electron chi connectivity index (χ0n) is 12.4. The van der Waals surface area contributed by atoms with Crippen LogP contribution in [-0.4, -0.2) is 21.4 Å². The summed E-state index contributed by atoms with van der Waals surface area (Å²) in [6.45, 7) is 9.60. The highest BCUT2D eigenvalue weighted by molar-refractivity contribution is 7.09. The maximum absolute atomic E-state index is 4.78. The monoisotopic (exact) mass is 287 g/mol. The van der Waals surface area contributed by atoms with Gasteiger partial charge in [0.15, 0.2) is 0 Å². The maximum Gasteiger partial charge on any atom is 0.133 e. The van der Waals surface area contributed by atoms with Crippen molar-refractivity contribution < 1.29 is 0 Å². The van der Waals surface area contributed by atoms with Crippen LogP contribution in [-0.2, 0) is 24.9 Å². The molecule has 0 N–H and O–H groups in total. The Morgan fingerprint density at radius 2 is 2.20 bits per heavy atom. The molecule has 0 saturated heterocycles. The van der Waals surface area contributed by atoms with Gasteiger partial charge in [0.25, 0.3) is 0 Å². The van der Waals surface area contributed by atoms with Crippen LogP contribution < -0.4 is 0 Å². The van der Waals surface area contributed by atoms with E-state index in [0.717, 1.165) is 31.9 Å². The highest BCUT2D eigenvalue weighted by atomic mass is 32.1. The third kappa shape index (κ3) is 2.91. The van der Waals surface area contributed by atoms with Gasteiger partial charge < -0.3 is 0 Å². The minimum atomic E-state index is 0.0309. The average molecular weight is 287 g/mol. The van der Waals surface area contributed by atoms with E-state index in [1.807, 2.05) is 17.5 Å². The van der Waals surface area contributed by atoms with Crippen LogP contribution in [0.1, 0.15) is 42.7 Å². The van der Waals surface area contributed by atoms with Crippen molar-refractivity contribution in [3.63, 3.8) is 0 Å². The highest BCUT2D eigenvalue weighted by Crippen LogP contribution is 2.23. The number of thiophene rings is 1. The Bertz CT molecular complexity index is 584. The second kappa shape index (κ2) is 5.26. The van der Waals surface area contributed by atoms with Crippen LogP contribution >= 0.6 is 11.3 Å². The van der Waals surface area contributed by atoms with Gasteiger partial charge in [-0.1, -0.05) is 26.8 Å². The van der Waals surface area contributed by atoms with Gasteiger partial charge in [0.2, 0.25) is 0 Å². The van der Waals surface area contributed by atoms with Gasteiger partial charge in [-0.15, -0.1) is 11.3 Å². The summed E-state index contributed by atoms with van der Waals surface area (Å²) in [4.78, 5) is 13.3. The molecule has 4 heteroatoms. The third-order valence-electron chi connectivity index (χ3n) is 3.64. The fourth-order valence-electron chi connectivity index (χ4n) is 2.49. The molecule has 3 heterocycles. The van der Waals surface area contributed by atoms with Crippen LogP contribution in [0.25, 0.3) is 0 Å². The molecule has 2 aromatic rings. The molecule has 0 bridgehead atoms. The largest absolute Gasteiger partial charge is 0.294 e. The van der Waals surface area contributed by atoms with Crippen molar-refractivity contribution in [1.82, 2.24) is 14.9 Å². The molecule has 0 unspecified atom stereocenters. The molecule has 20 heavy (non-hydrogen) atoms. The number of nitrogens with zero attached hydrogens (tertiary/aromatic N) is 3. The van der Waals surface area contributed by atoms with E-state index < -0.39 is 0 Å². The lowest BCUT2D eigenvalue weighted by Gasteiger charge is -2.28. The van der Waals surface area contributed by atoms with Crippen LogP contribution in [0.3, 0.4) is 0 Å². The first-order chi connectivity index (χ1) is 9.52. The zero-order valence-corrected chi connectivity index (χ0v) is 13.2. The fraction of sp³-hybridized carbons (Fsp3) is 0.500. The summed E-state index contributed by atoms with van der Waals surface area (Å²) in [6, 6.07) is 4.33. The van der Waals surface area contributed by atoms with Crippen LogP contribution in [0.4, 0.5) is 0 Å². The molecule has 0 radical (unpaired) electrons. The molecule has 0 spiro atoms. The first kappa shape index (κ1) is 13.7. The summed E-state index contributed by atoms with van der Waals surface area (Å²) in [7, 11) is 0. The summed E-state index contributed by atoms with van der Waals surface area (Å²) in [5.41, 5.74) is 2.57. The fourth-order valence-corrected chi connectivity index (χ4v) is 3.24. The second-order valence-electron chi connectivity index (χ2n) is 6.46. The Balaban J connectivity index is 1.75. The summed E-state index contributed by atoms with van der Waals surface area (Å²) in [5.74, 6) is 0.961. The Hall–Kier alpha value is -1.26. The number of aromatic nitrogens is 2. The number of rotatable bonds is 2. The predicted octanol–water partition coefficient (Wildman–Crippen LogP) is 3.39. The molecule has 0 amide bonds. The molecule has 3 nitrogen and oxygen atoms in total. The molecular weight excluding hydrogens is 266 g/mol. The van der Waals surface area contributed by atoms with E-state index in [9.17, 15) is 0 Å².